The Balaban J connectivity index is 0.00000420. The number of nitrogens with zero attached hydrogens (tertiary/aromatic N) is 4. The van der Waals surface area contributed by atoms with Gasteiger partial charge in [-0.3, -0.25) is 19.6 Å². The topological polar surface area (TPSA) is 81.7 Å². The summed E-state index contributed by atoms with van der Waals surface area (Å²) < 4.78 is 10.5. The zero-order chi connectivity index (χ0) is 20.4. The van der Waals surface area contributed by atoms with Crippen molar-refractivity contribution in [1.82, 2.24) is 25.3 Å². The van der Waals surface area contributed by atoms with Gasteiger partial charge in [-0.25, -0.2) is 0 Å². The monoisotopic (exact) mass is 526 g/mol. The van der Waals surface area contributed by atoms with Crippen molar-refractivity contribution in [3.63, 3.8) is 0 Å². The molecule has 0 aliphatic carbocycles. The van der Waals surface area contributed by atoms with Crippen molar-refractivity contribution in [3.05, 3.63) is 0 Å². The van der Waals surface area contributed by atoms with Crippen LogP contribution in [0.5, 0.6) is 0 Å². The average molecular weight is 526 g/mol. The molecule has 2 fully saturated rings. The van der Waals surface area contributed by atoms with E-state index in [4.69, 9.17) is 9.47 Å². The van der Waals surface area contributed by atoms with Gasteiger partial charge in [-0.15, -0.1) is 24.0 Å². The van der Waals surface area contributed by atoms with Crippen LogP contribution in [0.4, 0.5) is 0 Å². The predicted octanol–water partition coefficient (Wildman–Crippen LogP) is -0.331. The molecular weight excluding hydrogens is 487 g/mol. The molecule has 2 atom stereocenters. The second-order valence-electron chi connectivity index (χ2n) is 7.54. The van der Waals surface area contributed by atoms with Gasteiger partial charge < -0.3 is 25.0 Å². The molecule has 29 heavy (non-hydrogen) atoms. The number of hydrogen-bond donors (Lipinski definition) is 2. The minimum Gasteiger partial charge on any atom is -0.383 e. The fraction of sp³-hybridized carbons (Fsp3) is 0.895. The lowest BCUT2D eigenvalue weighted by Gasteiger charge is -2.39. The lowest BCUT2D eigenvalue weighted by Crippen LogP contribution is -2.56. The molecule has 2 unspecified atom stereocenters. The number of piperazine rings is 1. The number of rotatable bonds is 8. The number of carbonyl (C=O) groups is 1. The van der Waals surface area contributed by atoms with Gasteiger partial charge in [-0.05, 0) is 13.8 Å². The minimum atomic E-state index is 0. The lowest BCUT2D eigenvalue weighted by atomic mass is 10.2. The first-order valence-corrected chi connectivity index (χ1v) is 10.3. The van der Waals surface area contributed by atoms with E-state index in [-0.39, 0.29) is 29.9 Å². The van der Waals surface area contributed by atoms with Crippen LogP contribution in [-0.4, -0.2) is 125 Å². The van der Waals surface area contributed by atoms with Gasteiger partial charge in [0.25, 0.3) is 0 Å². The normalized spacial score (nSPS) is 22.7. The smallest absolute Gasteiger partial charge is 0.234 e. The molecule has 2 heterocycles. The number of halogens is 1. The predicted molar refractivity (Wildman–Crippen MR) is 126 cm³/mol. The second kappa shape index (κ2) is 14.3. The molecule has 1 amide bonds. The largest absolute Gasteiger partial charge is 0.383 e. The quantitative estimate of drug-likeness (QED) is 0.194. The molecule has 2 saturated heterocycles. The number of morpholine rings is 1. The summed E-state index contributed by atoms with van der Waals surface area (Å²) in [5.41, 5.74) is 0. The molecule has 0 spiro atoms. The van der Waals surface area contributed by atoms with E-state index in [0.717, 1.165) is 58.4 Å². The third kappa shape index (κ3) is 8.91. The maximum absolute atomic E-state index is 11.9. The highest BCUT2D eigenvalue weighted by Crippen LogP contribution is 2.10. The van der Waals surface area contributed by atoms with Crippen LogP contribution in [0.3, 0.4) is 0 Å². The van der Waals surface area contributed by atoms with Crippen LogP contribution in [0.25, 0.3) is 0 Å². The van der Waals surface area contributed by atoms with Crippen LogP contribution in [-0.2, 0) is 14.3 Å². The highest BCUT2D eigenvalue weighted by atomic mass is 127. The first-order chi connectivity index (χ1) is 13.5. The number of methoxy groups -OCH3 is 1. The van der Waals surface area contributed by atoms with Crippen LogP contribution < -0.4 is 10.6 Å². The van der Waals surface area contributed by atoms with E-state index < -0.39 is 0 Å². The fourth-order valence-electron chi connectivity index (χ4n) is 3.75. The maximum atomic E-state index is 11.9. The van der Waals surface area contributed by atoms with Crippen molar-refractivity contribution in [2.45, 2.75) is 25.9 Å². The summed E-state index contributed by atoms with van der Waals surface area (Å²) in [7, 11) is 3.47. The van der Waals surface area contributed by atoms with Crippen molar-refractivity contribution in [3.8, 4) is 0 Å². The molecule has 2 N–H and O–H groups in total. The Kier molecular flexibility index (Phi) is 13.0. The standard InChI is InChI=1S/C19H38N6O3.HI/c1-16(25-10-12-28-15-17(25)2)13-22-19(20-3)24-8-6-23(7-9-24)14-18(26)21-5-11-27-4;/h16-17H,5-15H2,1-4H3,(H,20,22)(H,21,26);1H. The molecule has 0 aromatic carbocycles. The number of nitrogens with one attached hydrogen (secondary N) is 2. The molecule has 10 heteroatoms. The molecule has 0 saturated carbocycles. The molecule has 0 bridgehead atoms. The number of guanidine groups is 1. The summed E-state index contributed by atoms with van der Waals surface area (Å²) in [5, 5.41) is 6.40. The van der Waals surface area contributed by atoms with Crippen molar-refractivity contribution in [2.75, 3.05) is 86.3 Å². The molecule has 9 nitrogen and oxygen atoms in total. The molecule has 2 aliphatic rings. The second-order valence-corrected chi connectivity index (χ2v) is 7.54. The number of aliphatic imine (C=N–C) groups is 1. The van der Waals surface area contributed by atoms with E-state index in [1.54, 1.807) is 7.11 Å². The molecule has 0 aromatic rings. The Hall–Kier alpha value is -0.690. The zero-order valence-corrected chi connectivity index (χ0v) is 20.7. The first-order valence-electron chi connectivity index (χ1n) is 10.3. The Morgan fingerprint density at radius 2 is 1.97 bits per heavy atom. The molecule has 2 rings (SSSR count). The van der Waals surface area contributed by atoms with Gasteiger partial charge >= 0.3 is 0 Å². The fourth-order valence-corrected chi connectivity index (χ4v) is 3.75. The highest BCUT2D eigenvalue weighted by Gasteiger charge is 2.25. The summed E-state index contributed by atoms with van der Waals surface area (Å²) in [5.74, 6) is 0.999. The third-order valence-corrected chi connectivity index (χ3v) is 5.42. The van der Waals surface area contributed by atoms with Crippen molar-refractivity contribution >= 4 is 35.8 Å². The molecule has 2 aliphatic heterocycles. The Morgan fingerprint density at radius 3 is 2.59 bits per heavy atom. The average Bonchev–Trinajstić information content (AvgIpc) is 2.70. The summed E-state index contributed by atoms with van der Waals surface area (Å²) in [6.07, 6.45) is 0. The van der Waals surface area contributed by atoms with Gasteiger partial charge in [-0.1, -0.05) is 0 Å². The maximum Gasteiger partial charge on any atom is 0.234 e. The molecule has 170 valence electrons. The van der Waals surface area contributed by atoms with Crippen molar-refractivity contribution < 1.29 is 14.3 Å². The summed E-state index contributed by atoms with van der Waals surface area (Å²) in [4.78, 5) is 23.3. The van der Waals surface area contributed by atoms with Crippen LogP contribution in [0, 0.1) is 0 Å². The van der Waals surface area contributed by atoms with Gasteiger partial charge in [-0.2, -0.15) is 0 Å². The van der Waals surface area contributed by atoms with Crippen LogP contribution in [0.1, 0.15) is 13.8 Å². The van der Waals surface area contributed by atoms with Crippen molar-refractivity contribution in [2.24, 2.45) is 4.99 Å². The van der Waals surface area contributed by atoms with Crippen LogP contribution >= 0.6 is 24.0 Å². The third-order valence-electron chi connectivity index (χ3n) is 5.42. The first kappa shape index (κ1) is 26.3. The summed E-state index contributed by atoms with van der Waals surface area (Å²) in [6.45, 7) is 12.9. The highest BCUT2D eigenvalue weighted by molar-refractivity contribution is 14.0. The Morgan fingerprint density at radius 1 is 1.24 bits per heavy atom. The van der Waals surface area contributed by atoms with Gasteiger partial charge in [0, 0.05) is 72.1 Å². The van der Waals surface area contributed by atoms with E-state index in [1.165, 1.54) is 0 Å². The number of ether oxygens (including phenoxy) is 2. The minimum absolute atomic E-state index is 0. The van der Waals surface area contributed by atoms with E-state index in [1.807, 2.05) is 7.05 Å². The van der Waals surface area contributed by atoms with Gasteiger partial charge in [0.2, 0.25) is 5.91 Å². The molecule has 0 aromatic heterocycles. The van der Waals surface area contributed by atoms with E-state index >= 15 is 0 Å². The number of hydrogen-bond acceptors (Lipinski definition) is 6. The van der Waals surface area contributed by atoms with Gasteiger partial charge in [0.1, 0.15) is 0 Å². The Labute approximate surface area is 192 Å². The molecular formula is C19H39IN6O3. The molecule has 0 radical (unpaired) electrons. The van der Waals surface area contributed by atoms with Gasteiger partial charge in [0.15, 0.2) is 5.96 Å². The van der Waals surface area contributed by atoms with Crippen LogP contribution in [0.15, 0.2) is 4.99 Å². The van der Waals surface area contributed by atoms with E-state index in [9.17, 15) is 4.79 Å². The summed E-state index contributed by atoms with van der Waals surface area (Å²) in [6, 6.07) is 0.874. The number of carbonyl (C=O) groups excluding carboxylic acids is 1. The van der Waals surface area contributed by atoms with Crippen molar-refractivity contribution in [1.29, 1.82) is 0 Å². The number of amides is 1. The Bertz CT molecular complexity index is 502. The van der Waals surface area contributed by atoms with Gasteiger partial charge in [0.05, 0.1) is 26.4 Å². The van der Waals surface area contributed by atoms with E-state index in [2.05, 4.69) is 44.2 Å². The summed E-state index contributed by atoms with van der Waals surface area (Å²) >= 11 is 0. The lowest BCUT2D eigenvalue weighted by molar-refractivity contribution is -0.122. The van der Waals surface area contributed by atoms with E-state index in [0.29, 0.717) is 31.8 Å². The van der Waals surface area contributed by atoms with Crippen LogP contribution in [0.2, 0.25) is 0 Å². The zero-order valence-electron chi connectivity index (χ0n) is 18.4. The SMILES string of the molecule is CN=C(NCC(C)N1CCOCC1C)N1CCN(CC(=O)NCCOC)CC1.I.